The predicted octanol–water partition coefficient (Wildman–Crippen LogP) is 1.83. The van der Waals surface area contributed by atoms with E-state index >= 15 is 0 Å². The molecule has 1 atom stereocenters. The molecule has 1 nitrogen and oxygen atoms in total. The van der Waals surface area contributed by atoms with Crippen LogP contribution in [0.3, 0.4) is 0 Å². The van der Waals surface area contributed by atoms with Crippen LogP contribution in [-0.4, -0.2) is 15.8 Å². The highest BCUT2D eigenvalue weighted by Crippen LogP contribution is 2.43. The molecule has 0 aliphatic carbocycles. The van der Waals surface area contributed by atoms with E-state index in [0.717, 1.165) is 17.4 Å². The van der Waals surface area contributed by atoms with Crippen molar-refractivity contribution in [3.63, 3.8) is 0 Å². The monoisotopic (exact) mass is 227 g/mol. The van der Waals surface area contributed by atoms with Crippen LogP contribution >= 0.6 is 0 Å². The number of rotatable bonds is 0. The number of terminal acetylenes is 1. The standard InChI is InChI=1S/C14H15OSi/c1-5-14(4)13(2,3)9-10-7-6-8-11(16)12(10)15-14/h1,6-8H,9H2,2-4H3. The average Bonchev–Trinajstić information content (AvgIpc) is 2.21. The topological polar surface area (TPSA) is 9.23 Å². The number of fused-ring (bicyclic) bond motifs is 1. The summed E-state index contributed by atoms with van der Waals surface area (Å²) in [5.74, 6) is 3.68. The lowest BCUT2D eigenvalue weighted by atomic mass is 9.70. The fourth-order valence-corrected chi connectivity index (χ4v) is 2.36. The first kappa shape index (κ1) is 11.3. The molecular weight excluding hydrogens is 212 g/mol. The Kier molecular flexibility index (Phi) is 2.40. The van der Waals surface area contributed by atoms with E-state index in [9.17, 15) is 0 Å². The van der Waals surface area contributed by atoms with E-state index < -0.39 is 5.60 Å². The Morgan fingerprint density at radius 2 is 2.06 bits per heavy atom. The molecule has 2 rings (SSSR count). The van der Waals surface area contributed by atoms with Crippen LogP contribution in [0.25, 0.3) is 0 Å². The molecule has 1 heterocycles. The highest BCUT2D eigenvalue weighted by Gasteiger charge is 2.46. The Hall–Kier alpha value is -1.20. The van der Waals surface area contributed by atoms with Crippen LogP contribution in [0.2, 0.25) is 0 Å². The predicted molar refractivity (Wildman–Crippen MR) is 67.2 cm³/mol. The van der Waals surface area contributed by atoms with Gasteiger partial charge in [0, 0.05) is 5.41 Å². The molecule has 1 aromatic rings. The molecule has 0 N–H and O–H groups in total. The molecule has 3 radical (unpaired) electrons. The van der Waals surface area contributed by atoms with Gasteiger partial charge in [-0.2, -0.15) is 0 Å². The van der Waals surface area contributed by atoms with Crippen molar-refractivity contribution in [3.8, 4) is 18.1 Å². The molecular formula is C14H15OSi. The van der Waals surface area contributed by atoms with Crippen molar-refractivity contribution in [2.75, 3.05) is 0 Å². The number of hydrogen-bond donors (Lipinski definition) is 0. The van der Waals surface area contributed by atoms with Gasteiger partial charge >= 0.3 is 0 Å². The van der Waals surface area contributed by atoms with Crippen molar-refractivity contribution in [2.45, 2.75) is 32.8 Å². The van der Waals surface area contributed by atoms with E-state index in [-0.39, 0.29) is 5.41 Å². The molecule has 0 bridgehead atoms. The third kappa shape index (κ3) is 1.47. The summed E-state index contributed by atoms with van der Waals surface area (Å²) >= 11 is 0. The minimum absolute atomic E-state index is 0.0607. The first-order valence-corrected chi connectivity index (χ1v) is 5.90. The molecule has 2 heteroatoms. The normalized spacial score (nSPS) is 26.4. The molecule has 0 aromatic heterocycles. The number of benzene rings is 1. The smallest absolute Gasteiger partial charge is 0.171 e. The summed E-state index contributed by atoms with van der Waals surface area (Å²) in [5, 5.41) is 0.967. The van der Waals surface area contributed by atoms with Crippen molar-refractivity contribution < 1.29 is 4.74 Å². The summed E-state index contributed by atoms with van der Waals surface area (Å²) in [4.78, 5) is 0. The summed E-state index contributed by atoms with van der Waals surface area (Å²) in [6.45, 7) is 6.28. The molecule has 1 aliphatic rings. The van der Waals surface area contributed by atoms with Gasteiger partial charge in [-0.15, -0.1) is 6.42 Å². The zero-order chi connectivity index (χ0) is 12.0. The van der Waals surface area contributed by atoms with Crippen molar-refractivity contribution in [1.29, 1.82) is 0 Å². The van der Waals surface area contributed by atoms with Crippen LogP contribution in [0.5, 0.6) is 5.75 Å². The molecule has 0 fully saturated rings. The molecule has 1 unspecified atom stereocenters. The summed E-state index contributed by atoms with van der Waals surface area (Å²) in [6.07, 6.45) is 6.56. The van der Waals surface area contributed by atoms with Gasteiger partial charge in [-0.05, 0) is 24.1 Å². The van der Waals surface area contributed by atoms with E-state index in [1.807, 2.05) is 19.1 Å². The Morgan fingerprint density at radius 3 is 2.69 bits per heavy atom. The second-order valence-corrected chi connectivity index (χ2v) is 5.67. The summed E-state index contributed by atoms with van der Waals surface area (Å²) in [5.41, 5.74) is 0.600. The van der Waals surface area contributed by atoms with Crippen molar-refractivity contribution in [2.24, 2.45) is 5.41 Å². The van der Waals surface area contributed by atoms with E-state index in [0.29, 0.717) is 0 Å². The van der Waals surface area contributed by atoms with Gasteiger partial charge in [0.15, 0.2) is 5.60 Å². The average molecular weight is 227 g/mol. The SMILES string of the molecule is C#CC1(C)Oc2c([Si])cccc2CC1(C)C. The lowest BCUT2D eigenvalue weighted by molar-refractivity contribution is 0.00818. The van der Waals surface area contributed by atoms with Gasteiger partial charge in [-0.1, -0.05) is 38.0 Å². The van der Waals surface area contributed by atoms with Crippen LogP contribution in [0.4, 0.5) is 0 Å². The van der Waals surface area contributed by atoms with E-state index in [1.165, 1.54) is 5.56 Å². The van der Waals surface area contributed by atoms with Gasteiger partial charge in [-0.3, -0.25) is 0 Å². The molecule has 1 aliphatic heterocycles. The van der Waals surface area contributed by atoms with E-state index in [4.69, 9.17) is 11.2 Å². The Labute approximate surface area is 101 Å². The van der Waals surface area contributed by atoms with Crippen molar-refractivity contribution in [3.05, 3.63) is 23.8 Å². The molecule has 0 amide bonds. The quantitative estimate of drug-likeness (QED) is 0.485. The van der Waals surface area contributed by atoms with E-state index in [2.05, 4.69) is 36.1 Å². The van der Waals surface area contributed by atoms with Gasteiger partial charge in [0.25, 0.3) is 0 Å². The molecule has 0 spiro atoms. The van der Waals surface area contributed by atoms with Gasteiger partial charge in [0.2, 0.25) is 0 Å². The molecule has 16 heavy (non-hydrogen) atoms. The highest BCUT2D eigenvalue weighted by atomic mass is 28.1. The Bertz CT molecular complexity index is 470. The number of ether oxygens (including phenoxy) is 1. The van der Waals surface area contributed by atoms with Gasteiger partial charge < -0.3 is 4.74 Å². The van der Waals surface area contributed by atoms with Crippen LogP contribution in [0, 0.1) is 17.8 Å². The Morgan fingerprint density at radius 1 is 1.38 bits per heavy atom. The van der Waals surface area contributed by atoms with Crippen LogP contribution < -0.4 is 9.92 Å². The van der Waals surface area contributed by atoms with Crippen LogP contribution in [-0.2, 0) is 6.42 Å². The summed E-state index contributed by atoms with van der Waals surface area (Å²) in [7, 11) is 3.56. The molecule has 1 aromatic carbocycles. The zero-order valence-corrected chi connectivity index (χ0v) is 10.9. The third-order valence-electron chi connectivity index (χ3n) is 3.60. The largest absolute Gasteiger partial charge is 0.474 e. The lowest BCUT2D eigenvalue weighted by Gasteiger charge is -2.45. The minimum Gasteiger partial charge on any atom is -0.474 e. The van der Waals surface area contributed by atoms with E-state index in [1.54, 1.807) is 0 Å². The van der Waals surface area contributed by atoms with Gasteiger partial charge in [-0.25, -0.2) is 0 Å². The Balaban J connectivity index is 2.57. The van der Waals surface area contributed by atoms with Crippen LogP contribution in [0.15, 0.2) is 18.2 Å². The third-order valence-corrected chi connectivity index (χ3v) is 4.00. The maximum atomic E-state index is 6.03. The summed E-state index contributed by atoms with van der Waals surface area (Å²) in [6, 6.07) is 6.10. The molecule has 0 saturated carbocycles. The second-order valence-electron chi connectivity index (χ2n) is 5.13. The van der Waals surface area contributed by atoms with Gasteiger partial charge in [0.05, 0.1) is 10.2 Å². The molecule has 0 saturated heterocycles. The fraction of sp³-hybridized carbons (Fsp3) is 0.429. The maximum absolute atomic E-state index is 6.03. The maximum Gasteiger partial charge on any atom is 0.171 e. The lowest BCUT2D eigenvalue weighted by Crippen LogP contribution is -2.51. The second kappa shape index (κ2) is 3.40. The first-order chi connectivity index (χ1) is 7.39. The van der Waals surface area contributed by atoms with Gasteiger partial charge in [0.1, 0.15) is 5.75 Å². The number of hydrogen-bond acceptors (Lipinski definition) is 1. The fourth-order valence-electron chi connectivity index (χ4n) is 2.06. The molecule has 81 valence electrons. The summed E-state index contributed by atoms with van der Waals surface area (Å²) < 4.78 is 6.03. The first-order valence-electron chi connectivity index (χ1n) is 5.40. The minimum atomic E-state index is -0.553. The number of para-hydroxylation sites is 1. The highest BCUT2D eigenvalue weighted by molar-refractivity contribution is 6.34. The van der Waals surface area contributed by atoms with Crippen LogP contribution in [0.1, 0.15) is 26.3 Å². The van der Waals surface area contributed by atoms with Crippen molar-refractivity contribution in [1.82, 2.24) is 0 Å². The zero-order valence-electron chi connectivity index (χ0n) is 9.92. The van der Waals surface area contributed by atoms with Crippen molar-refractivity contribution >= 4 is 15.4 Å².